The molecule has 5 heteroatoms. The van der Waals surface area contributed by atoms with Crippen LogP contribution in [0.4, 0.5) is 0 Å². The summed E-state index contributed by atoms with van der Waals surface area (Å²) in [6, 6.07) is 5.67. The van der Waals surface area contributed by atoms with Crippen molar-refractivity contribution in [2.24, 2.45) is 0 Å². The molecule has 19 heavy (non-hydrogen) atoms. The van der Waals surface area contributed by atoms with Gasteiger partial charge in [-0.1, -0.05) is 36.7 Å². The second kappa shape index (κ2) is 6.07. The minimum absolute atomic E-state index is 0.603. The van der Waals surface area contributed by atoms with Gasteiger partial charge in [-0.3, -0.25) is 4.68 Å². The van der Waals surface area contributed by atoms with Crippen LogP contribution in [0.15, 0.2) is 28.9 Å². The van der Waals surface area contributed by atoms with Crippen LogP contribution >= 0.6 is 27.5 Å². The quantitative estimate of drug-likeness (QED) is 0.907. The van der Waals surface area contributed by atoms with E-state index < -0.39 is 6.10 Å². The summed E-state index contributed by atoms with van der Waals surface area (Å²) in [6.07, 6.45) is 1.88. The molecule has 1 N–H and O–H groups in total. The molecule has 3 nitrogen and oxygen atoms in total. The Morgan fingerprint density at radius 1 is 1.47 bits per heavy atom. The van der Waals surface area contributed by atoms with Crippen molar-refractivity contribution >= 4 is 27.5 Å². The van der Waals surface area contributed by atoms with Gasteiger partial charge < -0.3 is 5.11 Å². The SMILES string of the molecule is CCCn1ncc(Br)c1C(O)c1cccc(C)c1Cl. The molecule has 1 atom stereocenters. The van der Waals surface area contributed by atoms with E-state index in [-0.39, 0.29) is 0 Å². The van der Waals surface area contributed by atoms with Crippen LogP contribution in [0.2, 0.25) is 5.02 Å². The van der Waals surface area contributed by atoms with Crippen LogP contribution in [0, 0.1) is 6.92 Å². The summed E-state index contributed by atoms with van der Waals surface area (Å²) in [5.41, 5.74) is 2.41. The lowest BCUT2D eigenvalue weighted by molar-refractivity contribution is 0.206. The molecular weight excluding hydrogens is 328 g/mol. The van der Waals surface area contributed by atoms with Gasteiger partial charge in [0.2, 0.25) is 0 Å². The molecule has 0 saturated heterocycles. The fourth-order valence-corrected chi connectivity index (χ4v) is 2.80. The number of aryl methyl sites for hydroxylation is 2. The second-order valence-corrected chi connectivity index (χ2v) is 5.71. The molecule has 2 aromatic rings. The standard InChI is InChI=1S/C14H16BrClN2O/c1-3-7-18-13(11(15)8-17-18)14(19)10-6-4-5-9(2)12(10)16/h4-6,8,14,19H,3,7H2,1-2H3. The third-order valence-corrected chi connectivity index (χ3v) is 4.17. The lowest BCUT2D eigenvalue weighted by Crippen LogP contribution is -2.11. The molecule has 0 saturated carbocycles. The minimum atomic E-state index is -0.782. The Bertz CT molecular complexity index is 583. The molecule has 1 heterocycles. The number of hydrogen-bond acceptors (Lipinski definition) is 2. The Kier molecular flexibility index (Phi) is 4.66. The van der Waals surface area contributed by atoms with E-state index in [0.717, 1.165) is 28.7 Å². The molecule has 1 aromatic carbocycles. The molecule has 1 unspecified atom stereocenters. The van der Waals surface area contributed by atoms with Crippen LogP contribution in [-0.4, -0.2) is 14.9 Å². The molecule has 0 aliphatic rings. The first kappa shape index (κ1) is 14.6. The molecule has 0 amide bonds. The first-order valence-electron chi connectivity index (χ1n) is 6.20. The van der Waals surface area contributed by atoms with Crippen molar-refractivity contribution in [2.45, 2.75) is 32.9 Å². The largest absolute Gasteiger partial charge is 0.382 e. The fraction of sp³-hybridized carbons (Fsp3) is 0.357. The summed E-state index contributed by atoms with van der Waals surface area (Å²) in [5.74, 6) is 0. The van der Waals surface area contributed by atoms with Crippen LogP contribution in [0.25, 0.3) is 0 Å². The van der Waals surface area contributed by atoms with Crippen molar-refractivity contribution in [3.63, 3.8) is 0 Å². The van der Waals surface area contributed by atoms with Crippen LogP contribution < -0.4 is 0 Å². The molecule has 0 aliphatic heterocycles. The maximum Gasteiger partial charge on any atom is 0.123 e. The number of halogens is 2. The monoisotopic (exact) mass is 342 g/mol. The predicted octanol–water partition coefficient (Wildman–Crippen LogP) is 4.10. The number of benzene rings is 1. The van der Waals surface area contributed by atoms with E-state index in [1.807, 2.05) is 29.8 Å². The number of rotatable bonds is 4. The highest BCUT2D eigenvalue weighted by atomic mass is 79.9. The van der Waals surface area contributed by atoms with E-state index in [1.54, 1.807) is 6.20 Å². The van der Waals surface area contributed by atoms with Gasteiger partial charge in [-0.25, -0.2) is 0 Å². The van der Waals surface area contributed by atoms with Crippen LogP contribution in [0.1, 0.15) is 36.3 Å². The zero-order valence-electron chi connectivity index (χ0n) is 10.9. The van der Waals surface area contributed by atoms with Crippen molar-refractivity contribution in [3.8, 4) is 0 Å². The van der Waals surface area contributed by atoms with E-state index >= 15 is 0 Å². The minimum Gasteiger partial charge on any atom is -0.382 e. The van der Waals surface area contributed by atoms with Gasteiger partial charge >= 0.3 is 0 Å². The highest BCUT2D eigenvalue weighted by molar-refractivity contribution is 9.10. The Hall–Kier alpha value is -0.840. The van der Waals surface area contributed by atoms with Crippen molar-refractivity contribution in [1.82, 2.24) is 9.78 Å². The molecule has 0 fully saturated rings. The van der Waals surface area contributed by atoms with Crippen molar-refractivity contribution in [2.75, 3.05) is 0 Å². The number of hydrogen-bond donors (Lipinski definition) is 1. The van der Waals surface area contributed by atoms with Gasteiger partial charge in [0.25, 0.3) is 0 Å². The number of aliphatic hydroxyl groups is 1. The van der Waals surface area contributed by atoms with Gasteiger partial charge in [-0.2, -0.15) is 5.10 Å². The third kappa shape index (κ3) is 2.86. The zero-order chi connectivity index (χ0) is 14.0. The van der Waals surface area contributed by atoms with E-state index in [4.69, 9.17) is 11.6 Å². The maximum absolute atomic E-state index is 10.6. The smallest absolute Gasteiger partial charge is 0.123 e. The van der Waals surface area contributed by atoms with Gasteiger partial charge in [0, 0.05) is 17.1 Å². The molecule has 2 rings (SSSR count). The Labute approximate surface area is 126 Å². The molecule has 1 aromatic heterocycles. The summed E-state index contributed by atoms with van der Waals surface area (Å²) < 4.78 is 2.61. The lowest BCUT2D eigenvalue weighted by atomic mass is 10.0. The highest BCUT2D eigenvalue weighted by Crippen LogP contribution is 2.33. The van der Waals surface area contributed by atoms with Crippen LogP contribution in [-0.2, 0) is 6.54 Å². The van der Waals surface area contributed by atoms with Gasteiger partial charge in [0.15, 0.2) is 0 Å². The van der Waals surface area contributed by atoms with Gasteiger partial charge in [0.1, 0.15) is 6.10 Å². The molecule has 0 spiro atoms. The zero-order valence-corrected chi connectivity index (χ0v) is 13.2. The van der Waals surface area contributed by atoms with Crippen molar-refractivity contribution < 1.29 is 5.11 Å². The molecule has 0 radical (unpaired) electrons. The highest BCUT2D eigenvalue weighted by Gasteiger charge is 2.21. The van der Waals surface area contributed by atoms with E-state index in [9.17, 15) is 5.11 Å². The lowest BCUT2D eigenvalue weighted by Gasteiger charge is -2.16. The Morgan fingerprint density at radius 2 is 2.21 bits per heavy atom. The summed E-state index contributed by atoms with van der Waals surface area (Å²) in [7, 11) is 0. The maximum atomic E-state index is 10.6. The topological polar surface area (TPSA) is 38.0 Å². The number of nitrogens with zero attached hydrogens (tertiary/aromatic N) is 2. The third-order valence-electron chi connectivity index (χ3n) is 3.04. The van der Waals surface area contributed by atoms with Crippen LogP contribution in [0.5, 0.6) is 0 Å². The first-order valence-corrected chi connectivity index (χ1v) is 7.37. The average molecular weight is 344 g/mol. The summed E-state index contributed by atoms with van der Waals surface area (Å²) in [5, 5.41) is 15.5. The van der Waals surface area contributed by atoms with E-state index in [1.165, 1.54) is 0 Å². The number of aliphatic hydroxyl groups excluding tert-OH is 1. The molecule has 102 valence electrons. The van der Waals surface area contributed by atoms with E-state index in [2.05, 4.69) is 28.0 Å². The summed E-state index contributed by atoms with van der Waals surface area (Å²) in [6.45, 7) is 4.77. The Morgan fingerprint density at radius 3 is 2.89 bits per heavy atom. The summed E-state index contributed by atoms with van der Waals surface area (Å²) >= 11 is 9.72. The van der Waals surface area contributed by atoms with Crippen molar-refractivity contribution in [3.05, 3.63) is 50.7 Å². The molecular formula is C14H16BrClN2O. The fourth-order valence-electron chi connectivity index (χ4n) is 2.06. The average Bonchev–Trinajstić information content (AvgIpc) is 2.74. The van der Waals surface area contributed by atoms with Crippen LogP contribution in [0.3, 0.4) is 0 Å². The molecule has 0 aliphatic carbocycles. The number of aromatic nitrogens is 2. The van der Waals surface area contributed by atoms with Gasteiger partial charge in [0.05, 0.1) is 16.4 Å². The first-order chi connectivity index (χ1) is 9.06. The molecule has 0 bridgehead atoms. The second-order valence-electron chi connectivity index (χ2n) is 4.48. The van der Waals surface area contributed by atoms with Crippen molar-refractivity contribution in [1.29, 1.82) is 0 Å². The van der Waals surface area contributed by atoms with Gasteiger partial charge in [-0.15, -0.1) is 0 Å². The predicted molar refractivity (Wildman–Crippen MR) is 80.5 cm³/mol. The summed E-state index contributed by atoms with van der Waals surface area (Å²) in [4.78, 5) is 0. The van der Waals surface area contributed by atoms with Gasteiger partial charge in [-0.05, 0) is 34.8 Å². The normalized spacial score (nSPS) is 12.7. The Balaban J connectivity index is 2.46. The van der Waals surface area contributed by atoms with E-state index in [0.29, 0.717) is 10.6 Å².